The fraction of sp³-hybridized carbons (Fsp3) is 0.724. The molecule has 0 aliphatic heterocycles. The summed E-state index contributed by atoms with van der Waals surface area (Å²) in [5.41, 5.74) is 9.10. The van der Waals surface area contributed by atoms with Gasteiger partial charge in [0.2, 0.25) is 0 Å². The molecule has 0 radical (unpaired) electrons. The number of hydrogen-bond donors (Lipinski definition) is 1. The summed E-state index contributed by atoms with van der Waals surface area (Å²) in [6.07, 6.45) is 6.79. The highest BCUT2D eigenvalue weighted by Gasteiger charge is 2.43. The number of fused-ring (bicyclic) bond motifs is 4. The van der Waals surface area contributed by atoms with E-state index < -0.39 is 11.9 Å². The van der Waals surface area contributed by atoms with Gasteiger partial charge in [-0.2, -0.15) is 0 Å². The molecule has 1 aromatic rings. The molecule has 39 heavy (non-hydrogen) atoms. The zero-order chi connectivity index (χ0) is 27.9. The molecule has 10 nitrogen and oxygen atoms in total. The summed E-state index contributed by atoms with van der Waals surface area (Å²) in [4.78, 5) is 24.2. The molecule has 0 aromatic heterocycles. The van der Waals surface area contributed by atoms with Gasteiger partial charge in [0.15, 0.2) is 0 Å². The number of carbonyl (C=O) groups is 2. The summed E-state index contributed by atoms with van der Waals surface area (Å²) >= 11 is 0. The van der Waals surface area contributed by atoms with Crippen molar-refractivity contribution in [1.29, 1.82) is 0 Å². The lowest BCUT2D eigenvalue weighted by atomic mass is 9.60. The van der Waals surface area contributed by atoms with Crippen molar-refractivity contribution in [3.05, 3.63) is 29.3 Å². The van der Waals surface area contributed by atoms with Crippen LogP contribution in [0.5, 0.6) is 5.75 Å². The fourth-order valence-electron chi connectivity index (χ4n) is 5.42. The van der Waals surface area contributed by atoms with Gasteiger partial charge in [0.1, 0.15) is 25.6 Å². The molecule has 0 saturated heterocycles. The number of ether oxygens (including phenoxy) is 7. The maximum Gasteiger partial charge on any atom is 0.337 e. The Labute approximate surface area is 231 Å². The van der Waals surface area contributed by atoms with E-state index in [4.69, 9.17) is 38.9 Å². The minimum absolute atomic E-state index is 0.0870. The third-order valence-electron chi connectivity index (χ3n) is 7.53. The van der Waals surface area contributed by atoms with Crippen molar-refractivity contribution in [1.82, 2.24) is 0 Å². The van der Waals surface area contributed by atoms with Crippen molar-refractivity contribution in [2.75, 3.05) is 73.2 Å². The topological polar surface area (TPSA) is 125 Å². The lowest BCUT2D eigenvalue weighted by Gasteiger charge is -2.47. The Morgan fingerprint density at radius 3 is 2.26 bits per heavy atom. The van der Waals surface area contributed by atoms with Crippen molar-refractivity contribution < 1.29 is 42.7 Å². The van der Waals surface area contributed by atoms with Crippen LogP contribution in [0.4, 0.5) is 0 Å². The molecule has 0 amide bonds. The quantitative estimate of drug-likeness (QED) is 0.175. The molecule has 2 aliphatic carbocycles. The Morgan fingerprint density at radius 2 is 1.54 bits per heavy atom. The SMILES string of the molecule is COCCOCCOCCOCCOC(=O)COCC(=O)Oc1ccc2c(c1)[C@@]1(C)CCCCCC(C2)[C@@H]1N. The zero-order valence-electron chi connectivity index (χ0n) is 23.5. The van der Waals surface area contributed by atoms with E-state index in [1.807, 2.05) is 12.1 Å². The summed E-state index contributed by atoms with van der Waals surface area (Å²) in [6.45, 7) is 4.74. The summed E-state index contributed by atoms with van der Waals surface area (Å²) in [7, 11) is 1.62. The van der Waals surface area contributed by atoms with Gasteiger partial charge in [0.05, 0.1) is 46.2 Å². The van der Waals surface area contributed by atoms with E-state index in [0.717, 1.165) is 19.3 Å². The second kappa shape index (κ2) is 16.9. The highest BCUT2D eigenvalue weighted by Crippen LogP contribution is 2.46. The van der Waals surface area contributed by atoms with Gasteiger partial charge in [-0.1, -0.05) is 32.3 Å². The van der Waals surface area contributed by atoms with Crippen molar-refractivity contribution in [2.24, 2.45) is 11.7 Å². The highest BCUT2D eigenvalue weighted by molar-refractivity contribution is 5.75. The molecule has 1 aromatic carbocycles. The smallest absolute Gasteiger partial charge is 0.337 e. The number of esters is 2. The molecule has 2 bridgehead atoms. The van der Waals surface area contributed by atoms with Crippen molar-refractivity contribution in [2.45, 2.75) is 56.9 Å². The zero-order valence-corrected chi connectivity index (χ0v) is 23.5. The molecule has 220 valence electrons. The molecule has 2 aliphatic rings. The second-order valence-corrected chi connectivity index (χ2v) is 10.3. The highest BCUT2D eigenvalue weighted by atomic mass is 16.6. The van der Waals surface area contributed by atoms with Gasteiger partial charge >= 0.3 is 11.9 Å². The lowest BCUT2D eigenvalue weighted by molar-refractivity contribution is -0.153. The van der Waals surface area contributed by atoms with Crippen LogP contribution in [0.2, 0.25) is 0 Å². The van der Waals surface area contributed by atoms with E-state index in [2.05, 4.69) is 13.0 Å². The van der Waals surface area contributed by atoms with Gasteiger partial charge in [0, 0.05) is 18.6 Å². The molecule has 3 rings (SSSR count). The Hall–Kier alpha value is -2.08. The summed E-state index contributed by atoms with van der Waals surface area (Å²) < 4.78 is 36.6. The first-order chi connectivity index (χ1) is 18.9. The average Bonchev–Trinajstić information content (AvgIpc) is 2.92. The van der Waals surface area contributed by atoms with Crippen molar-refractivity contribution in [3.8, 4) is 5.75 Å². The van der Waals surface area contributed by atoms with E-state index in [-0.39, 0.29) is 37.9 Å². The van der Waals surface area contributed by atoms with Gasteiger partial charge in [-0.25, -0.2) is 9.59 Å². The lowest BCUT2D eigenvalue weighted by Crippen LogP contribution is -2.52. The maximum absolute atomic E-state index is 12.3. The van der Waals surface area contributed by atoms with Crippen LogP contribution in [0.25, 0.3) is 0 Å². The normalized spacial score (nSPS) is 22.4. The number of carbonyl (C=O) groups excluding carboxylic acids is 2. The average molecular weight is 552 g/mol. The van der Waals surface area contributed by atoms with E-state index >= 15 is 0 Å². The molecule has 1 fully saturated rings. The monoisotopic (exact) mass is 551 g/mol. The summed E-state index contributed by atoms with van der Waals surface area (Å²) in [5, 5.41) is 0. The number of rotatable bonds is 17. The van der Waals surface area contributed by atoms with Gasteiger partial charge in [-0.15, -0.1) is 0 Å². The Bertz CT molecular complexity index is 896. The van der Waals surface area contributed by atoms with Crippen LogP contribution in [0.1, 0.15) is 50.2 Å². The molecule has 0 spiro atoms. The van der Waals surface area contributed by atoms with E-state index in [0.29, 0.717) is 51.3 Å². The summed E-state index contributed by atoms with van der Waals surface area (Å²) in [5.74, 6) is -0.188. The predicted octanol–water partition coefficient (Wildman–Crippen LogP) is 2.57. The van der Waals surface area contributed by atoms with Crippen LogP contribution in [0, 0.1) is 5.92 Å². The second-order valence-electron chi connectivity index (χ2n) is 10.3. The molecule has 2 N–H and O–H groups in total. The van der Waals surface area contributed by atoms with Gasteiger partial charge in [0.25, 0.3) is 0 Å². The van der Waals surface area contributed by atoms with Crippen LogP contribution in [-0.2, 0) is 49.8 Å². The molecular formula is C29H45NO9. The van der Waals surface area contributed by atoms with Crippen LogP contribution in [-0.4, -0.2) is 91.2 Å². The minimum atomic E-state index is -0.578. The molecule has 1 unspecified atom stereocenters. The number of hydrogen-bond acceptors (Lipinski definition) is 10. The van der Waals surface area contributed by atoms with E-state index in [9.17, 15) is 9.59 Å². The van der Waals surface area contributed by atoms with Crippen LogP contribution < -0.4 is 10.5 Å². The molecule has 1 saturated carbocycles. The number of nitrogens with two attached hydrogens (primary N) is 1. The minimum Gasteiger partial charge on any atom is -0.462 e. The fourth-order valence-corrected chi connectivity index (χ4v) is 5.42. The third kappa shape index (κ3) is 10.1. The Morgan fingerprint density at radius 1 is 0.872 bits per heavy atom. The first-order valence-electron chi connectivity index (χ1n) is 14.0. The first-order valence-corrected chi connectivity index (χ1v) is 14.0. The van der Waals surface area contributed by atoms with Crippen molar-refractivity contribution >= 4 is 11.9 Å². The van der Waals surface area contributed by atoms with Crippen LogP contribution in [0.3, 0.4) is 0 Å². The molecule has 0 heterocycles. The Kier molecular flexibility index (Phi) is 13.6. The van der Waals surface area contributed by atoms with Gasteiger partial charge in [-0.3, -0.25) is 0 Å². The maximum atomic E-state index is 12.3. The van der Waals surface area contributed by atoms with Crippen LogP contribution in [0.15, 0.2) is 18.2 Å². The van der Waals surface area contributed by atoms with E-state index in [1.54, 1.807) is 7.11 Å². The van der Waals surface area contributed by atoms with E-state index in [1.165, 1.54) is 30.4 Å². The Balaban J connectivity index is 1.28. The molecular weight excluding hydrogens is 506 g/mol. The predicted molar refractivity (Wildman–Crippen MR) is 144 cm³/mol. The first kappa shape index (κ1) is 31.4. The number of benzene rings is 1. The van der Waals surface area contributed by atoms with Gasteiger partial charge < -0.3 is 38.9 Å². The summed E-state index contributed by atoms with van der Waals surface area (Å²) in [6, 6.07) is 5.94. The molecule has 10 heteroatoms. The van der Waals surface area contributed by atoms with Crippen LogP contribution >= 0.6 is 0 Å². The standard InChI is InChI=1S/C29H45NO9/c1-29-9-5-3-4-6-23(28(29)30)18-22-7-8-24(19-25(22)29)39-27(32)21-37-20-26(31)38-17-16-36-15-14-35-13-12-34-11-10-33-2/h7-8,19,23,28H,3-6,9-18,20-21,30H2,1-2H3/t23?,28-,29+/m0/s1. The largest absolute Gasteiger partial charge is 0.462 e. The molecule has 3 atom stereocenters. The van der Waals surface area contributed by atoms with Gasteiger partial charge in [-0.05, 0) is 48.4 Å². The van der Waals surface area contributed by atoms with Crippen molar-refractivity contribution in [3.63, 3.8) is 0 Å². The third-order valence-corrected chi connectivity index (χ3v) is 7.53. The number of methoxy groups -OCH3 is 1.